The predicted octanol–water partition coefficient (Wildman–Crippen LogP) is 3.90. The largest absolute Gasteiger partial charge is 0.353 e. The van der Waals surface area contributed by atoms with Gasteiger partial charge in [0.25, 0.3) is 0 Å². The van der Waals surface area contributed by atoms with Gasteiger partial charge >= 0.3 is 0 Å². The van der Waals surface area contributed by atoms with E-state index < -0.39 is 0 Å². The third-order valence-corrected chi connectivity index (χ3v) is 4.35. The number of rotatable bonds is 4. The van der Waals surface area contributed by atoms with Crippen LogP contribution in [0.5, 0.6) is 0 Å². The van der Waals surface area contributed by atoms with Crippen LogP contribution in [0.15, 0.2) is 12.1 Å². The normalized spacial score (nSPS) is 19.6. The van der Waals surface area contributed by atoms with Crippen molar-refractivity contribution < 1.29 is 0 Å². The molecule has 0 saturated carbocycles. The first-order valence-electron chi connectivity index (χ1n) is 8.26. The van der Waals surface area contributed by atoms with E-state index in [0.29, 0.717) is 12.0 Å². The van der Waals surface area contributed by atoms with Crippen LogP contribution in [0.1, 0.15) is 58.7 Å². The van der Waals surface area contributed by atoms with Crippen molar-refractivity contribution in [2.75, 3.05) is 11.4 Å². The molecule has 0 aromatic carbocycles. The minimum Gasteiger partial charge on any atom is -0.353 e. The van der Waals surface area contributed by atoms with Crippen LogP contribution in [0.2, 0.25) is 0 Å². The summed E-state index contributed by atoms with van der Waals surface area (Å²) < 4.78 is 0. The lowest BCUT2D eigenvalue weighted by Gasteiger charge is -2.29. The van der Waals surface area contributed by atoms with Gasteiger partial charge in [-0.3, -0.25) is 0 Å². The number of pyridine rings is 1. The summed E-state index contributed by atoms with van der Waals surface area (Å²) in [4.78, 5) is 7.37. The molecule has 1 aromatic rings. The lowest BCUT2D eigenvalue weighted by molar-refractivity contribution is 0.423. The standard InChI is InChI=1S/C18H31N3/c1-13(2)16-8-7-11-21(16)17-10-9-15(14(3)20-17)12-19-18(4,5)6/h9-10,13,16,19H,7-8,11-12H2,1-6H3. The number of nitrogens with one attached hydrogen (secondary N) is 1. The Kier molecular flexibility index (Phi) is 4.92. The van der Waals surface area contributed by atoms with Gasteiger partial charge in [-0.2, -0.15) is 0 Å². The molecule has 0 amide bonds. The molecule has 1 aliphatic heterocycles. The first kappa shape index (κ1) is 16.3. The molecule has 0 radical (unpaired) electrons. The van der Waals surface area contributed by atoms with Gasteiger partial charge in [-0.1, -0.05) is 19.9 Å². The van der Waals surface area contributed by atoms with E-state index in [4.69, 9.17) is 4.98 Å². The molecule has 1 fully saturated rings. The zero-order valence-corrected chi connectivity index (χ0v) is 14.5. The molecule has 0 aliphatic carbocycles. The smallest absolute Gasteiger partial charge is 0.129 e. The third kappa shape index (κ3) is 4.19. The maximum atomic E-state index is 4.87. The molecule has 3 nitrogen and oxygen atoms in total. The molecule has 3 heteroatoms. The Hall–Kier alpha value is -1.09. The third-order valence-electron chi connectivity index (χ3n) is 4.35. The second-order valence-corrected chi connectivity index (χ2v) is 7.66. The molecule has 2 heterocycles. The molecule has 1 atom stereocenters. The summed E-state index contributed by atoms with van der Waals surface area (Å²) in [7, 11) is 0. The summed E-state index contributed by atoms with van der Waals surface area (Å²) in [6, 6.07) is 5.09. The van der Waals surface area contributed by atoms with Crippen molar-refractivity contribution in [2.45, 2.75) is 72.5 Å². The van der Waals surface area contributed by atoms with Crippen molar-refractivity contribution >= 4 is 5.82 Å². The molecule has 1 aliphatic rings. The number of aryl methyl sites for hydroxylation is 1. The van der Waals surface area contributed by atoms with Gasteiger partial charge in [-0.05, 0) is 58.1 Å². The Morgan fingerprint density at radius 3 is 2.62 bits per heavy atom. The Morgan fingerprint density at radius 1 is 1.33 bits per heavy atom. The van der Waals surface area contributed by atoms with Gasteiger partial charge < -0.3 is 10.2 Å². The first-order chi connectivity index (χ1) is 9.78. The topological polar surface area (TPSA) is 28.2 Å². The highest BCUT2D eigenvalue weighted by Crippen LogP contribution is 2.29. The van der Waals surface area contributed by atoms with Crippen LogP contribution in [0.25, 0.3) is 0 Å². The second-order valence-electron chi connectivity index (χ2n) is 7.66. The van der Waals surface area contributed by atoms with Crippen molar-refractivity contribution in [3.05, 3.63) is 23.4 Å². The number of aromatic nitrogens is 1. The fourth-order valence-corrected chi connectivity index (χ4v) is 3.05. The van der Waals surface area contributed by atoms with Gasteiger partial charge in [0, 0.05) is 30.4 Å². The Labute approximate surface area is 130 Å². The van der Waals surface area contributed by atoms with Crippen molar-refractivity contribution in [3.8, 4) is 0 Å². The average Bonchev–Trinajstić information content (AvgIpc) is 2.85. The fourth-order valence-electron chi connectivity index (χ4n) is 3.05. The highest BCUT2D eigenvalue weighted by Gasteiger charge is 2.28. The van der Waals surface area contributed by atoms with Crippen LogP contribution in [0.3, 0.4) is 0 Å². The molecular weight excluding hydrogens is 258 g/mol. The van der Waals surface area contributed by atoms with Gasteiger partial charge in [0.15, 0.2) is 0 Å². The molecule has 0 bridgehead atoms. The van der Waals surface area contributed by atoms with Gasteiger partial charge in [0.05, 0.1) is 0 Å². The quantitative estimate of drug-likeness (QED) is 0.911. The van der Waals surface area contributed by atoms with E-state index in [0.717, 1.165) is 24.6 Å². The fraction of sp³-hybridized carbons (Fsp3) is 0.722. The Bertz CT molecular complexity index is 474. The van der Waals surface area contributed by atoms with E-state index in [9.17, 15) is 0 Å². The Morgan fingerprint density at radius 2 is 2.05 bits per heavy atom. The second kappa shape index (κ2) is 6.35. The minimum atomic E-state index is 0.142. The molecule has 1 aromatic heterocycles. The highest BCUT2D eigenvalue weighted by molar-refractivity contribution is 5.44. The summed E-state index contributed by atoms with van der Waals surface area (Å²) in [5.41, 5.74) is 2.59. The first-order valence-corrected chi connectivity index (χ1v) is 8.26. The van der Waals surface area contributed by atoms with Crippen LogP contribution in [0, 0.1) is 12.8 Å². The molecule has 1 N–H and O–H groups in total. The summed E-state index contributed by atoms with van der Waals surface area (Å²) in [5.74, 6) is 1.85. The maximum Gasteiger partial charge on any atom is 0.129 e. The number of nitrogens with zero attached hydrogens (tertiary/aromatic N) is 2. The Balaban J connectivity index is 2.11. The van der Waals surface area contributed by atoms with E-state index >= 15 is 0 Å². The molecule has 1 unspecified atom stereocenters. The van der Waals surface area contributed by atoms with E-state index in [2.05, 4.69) is 63.9 Å². The van der Waals surface area contributed by atoms with E-state index in [1.54, 1.807) is 0 Å². The number of anilines is 1. The van der Waals surface area contributed by atoms with Crippen LogP contribution >= 0.6 is 0 Å². The van der Waals surface area contributed by atoms with E-state index in [-0.39, 0.29) is 5.54 Å². The summed E-state index contributed by atoms with van der Waals surface area (Å²) in [6.45, 7) is 15.4. The van der Waals surface area contributed by atoms with Crippen molar-refractivity contribution in [3.63, 3.8) is 0 Å². The minimum absolute atomic E-state index is 0.142. The zero-order chi connectivity index (χ0) is 15.6. The molecule has 118 valence electrons. The van der Waals surface area contributed by atoms with Gasteiger partial charge in [-0.25, -0.2) is 4.98 Å². The molecule has 2 rings (SSSR count). The summed E-state index contributed by atoms with van der Waals surface area (Å²) >= 11 is 0. The number of hydrogen-bond acceptors (Lipinski definition) is 3. The predicted molar refractivity (Wildman–Crippen MR) is 90.8 cm³/mol. The van der Waals surface area contributed by atoms with Gasteiger partial charge in [-0.15, -0.1) is 0 Å². The molecular formula is C18H31N3. The molecule has 1 saturated heterocycles. The summed E-state index contributed by atoms with van der Waals surface area (Å²) in [6.07, 6.45) is 2.59. The molecule has 0 spiro atoms. The van der Waals surface area contributed by atoms with Crippen LogP contribution in [-0.4, -0.2) is 23.1 Å². The SMILES string of the molecule is Cc1nc(N2CCCC2C(C)C)ccc1CNC(C)(C)C. The lowest BCUT2D eigenvalue weighted by Crippen LogP contribution is -2.36. The van der Waals surface area contributed by atoms with Crippen LogP contribution in [0.4, 0.5) is 5.82 Å². The molecule has 21 heavy (non-hydrogen) atoms. The van der Waals surface area contributed by atoms with Gasteiger partial charge in [0.1, 0.15) is 5.82 Å². The van der Waals surface area contributed by atoms with Gasteiger partial charge in [0.2, 0.25) is 0 Å². The average molecular weight is 289 g/mol. The lowest BCUT2D eigenvalue weighted by atomic mass is 10.0. The van der Waals surface area contributed by atoms with E-state index in [1.807, 2.05) is 0 Å². The van der Waals surface area contributed by atoms with Crippen molar-refractivity contribution in [1.82, 2.24) is 10.3 Å². The zero-order valence-electron chi connectivity index (χ0n) is 14.5. The van der Waals surface area contributed by atoms with Crippen LogP contribution < -0.4 is 10.2 Å². The number of hydrogen-bond donors (Lipinski definition) is 1. The van der Waals surface area contributed by atoms with E-state index in [1.165, 1.54) is 18.4 Å². The summed E-state index contributed by atoms with van der Waals surface area (Å²) in [5, 5.41) is 3.54. The van der Waals surface area contributed by atoms with Crippen molar-refractivity contribution in [2.24, 2.45) is 5.92 Å². The highest BCUT2D eigenvalue weighted by atomic mass is 15.2. The maximum absolute atomic E-state index is 4.87. The van der Waals surface area contributed by atoms with Crippen molar-refractivity contribution in [1.29, 1.82) is 0 Å². The monoisotopic (exact) mass is 289 g/mol. The van der Waals surface area contributed by atoms with Crippen LogP contribution in [-0.2, 0) is 6.54 Å².